The number of halogens is 1. The highest BCUT2D eigenvalue weighted by molar-refractivity contribution is 4.93. The number of alkyl halides is 1. The van der Waals surface area contributed by atoms with E-state index in [1.165, 1.54) is 0 Å². The Morgan fingerprint density at radius 1 is 1.30 bits per heavy atom. The second kappa shape index (κ2) is 4.70. The Bertz CT molecular complexity index is 74.8. The highest BCUT2D eigenvalue weighted by atomic mass is 19.1. The van der Waals surface area contributed by atoms with Gasteiger partial charge < -0.3 is 0 Å². The first-order valence-electron chi connectivity index (χ1n) is 4.46. The summed E-state index contributed by atoms with van der Waals surface area (Å²) in [6.07, 6.45) is 4.66. The van der Waals surface area contributed by atoms with Gasteiger partial charge >= 0.3 is 0 Å². The molecule has 0 atom stereocenters. The first kappa shape index (κ1) is 9.93. The van der Waals surface area contributed by atoms with E-state index in [2.05, 4.69) is 6.92 Å². The topological polar surface area (TPSA) is 0 Å². The lowest BCUT2D eigenvalue weighted by Gasteiger charge is -1.99. The van der Waals surface area contributed by atoms with Crippen molar-refractivity contribution in [2.75, 3.05) is 0 Å². The molecule has 0 aromatic rings. The molecular formula is C9H19F. The lowest BCUT2D eigenvalue weighted by atomic mass is 10.2. The van der Waals surface area contributed by atoms with Gasteiger partial charge in [-0.05, 0) is 19.3 Å². The van der Waals surface area contributed by atoms with Crippen molar-refractivity contribution in [3.8, 4) is 0 Å². The van der Waals surface area contributed by atoms with Gasteiger partial charge in [-0.2, -0.15) is 0 Å². The molecule has 0 amide bonds. The Balaban J connectivity index is 0.000000371. The summed E-state index contributed by atoms with van der Waals surface area (Å²) < 4.78 is 12.7. The third-order valence-corrected chi connectivity index (χ3v) is 1.77. The summed E-state index contributed by atoms with van der Waals surface area (Å²) in [5.74, 6) is 0. The number of hydrogen-bond donors (Lipinski definition) is 0. The zero-order valence-electron chi connectivity index (χ0n) is 7.41. The van der Waals surface area contributed by atoms with E-state index in [0.717, 1.165) is 32.1 Å². The van der Waals surface area contributed by atoms with Crippen molar-refractivity contribution < 1.29 is 4.39 Å². The van der Waals surface area contributed by atoms with Crippen LogP contribution in [0.4, 0.5) is 4.39 Å². The molecule has 1 aliphatic carbocycles. The summed E-state index contributed by atoms with van der Waals surface area (Å²) >= 11 is 0. The van der Waals surface area contributed by atoms with Gasteiger partial charge in [0.25, 0.3) is 0 Å². The van der Waals surface area contributed by atoms with Gasteiger partial charge in [0, 0.05) is 0 Å². The van der Waals surface area contributed by atoms with Crippen LogP contribution < -0.4 is 0 Å². The quantitative estimate of drug-likeness (QED) is 0.569. The standard InChI is InChI=1S/C7H13F.C2H6/c1-2-3-4-7(8)5-6-7;1-2/h2-6H2,1H3;1-2H3. The smallest absolute Gasteiger partial charge is 0.111 e. The van der Waals surface area contributed by atoms with Crippen LogP contribution in [0.5, 0.6) is 0 Å². The van der Waals surface area contributed by atoms with E-state index in [-0.39, 0.29) is 0 Å². The van der Waals surface area contributed by atoms with Gasteiger partial charge in [-0.25, -0.2) is 4.39 Å². The number of hydrogen-bond acceptors (Lipinski definition) is 0. The highest BCUT2D eigenvalue weighted by Gasteiger charge is 2.41. The molecule has 1 saturated carbocycles. The van der Waals surface area contributed by atoms with Gasteiger partial charge in [-0.15, -0.1) is 0 Å². The second-order valence-electron chi connectivity index (χ2n) is 2.75. The molecule has 10 heavy (non-hydrogen) atoms. The molecule has 0 aliphatic heterocycles. The third-order valence-electron chi connectivity index (χ3n) is 1.77. The summed E-state index contributed by atoms with van der Waals surface area (Å²) in [5.41, 5.74) is -0.698. The lowest BCUT2D eigenvalue weighted by molar-refractivity contribution is 0.283. The zero-order chi connectivity index (χ0) is 8.04. The molecule has 0 aromatic carbocycles. The Hall–Kier alpha value is -0.0700. The van der Waals surface area contributed by atoms with Crippen LogP contribution >= 0.6 is 0 Å². The SMILES string of the molecule is CC.CCCCC1(F)CC1. The number of rotatable bonds is 3. The van der Waals surface area contributed by atoms with Crippen LogP contribution in [0.3, 0.4) is 0 Å². The normalized spacial score (nSPS) is 19.2. The molecule has 1 heteroatoms. The van der Waals surface area contributed by atoms with Crippen LogP contribution in [0.1, 0.15) is 52.9 Å². The third kappa shape index (κ3) is 3.86. The van der Waals surface area contributed by atoms with Gasteiger partial charge in [0.05, 0.1) is 0 Å². The second-order valence-corrected chi connectivity index (χ2v) is 2.75. The number of unbranched alkanes of at least 4 members (excludes halogenated alkanes) is 1. The van der Waals surface area contributed by atoms with Gasteiger partial charge in [0.2, 0.25) is 0 Å². The predicted molar refractivity (Wildman–Crippen MR) is 43.9 cm³/mol. The van der Waals surface area contributed by atoms with E-state index in [0.29, 0.717) is 0 Å². The lowest BCUT2D eigenvalue weighted by Crippen LogP contribution is -1.96. The Morgan fingerprint density at radius 3 is 2.10 bits per heavy atom. The van der Waals surface area contributed by atoms with Crippen LogP contribution in [-0.2, 0) is 0 Å². The van der Waals surface area contributed by atoms with Gasteiger partial charge in [-0.1, -0.05) is 33.6 Å². The van der Waals surface area contributed by atoms with Crippen LogP contribution in [0, 0.1) is 0 Å². The van der Waals surface area contributed by atoms with E-state index in [1.807, 2.05) is 13.8 Å². The maximum absolute atomic E-state index is 12.7. The van der Waals surface area contributed by atoms with E-state index in [1.54, 1.807) is 0 Å². The molecule has 0 heterocycles. The zero-order valence-corrected chi connectivity index (χ0v) is 7.41. The molecule has 0 N–H and O–H groups in total. The molecule has 1 aliphatic rings. The van der Waals surface area contributed by atoms with Gasteiger partial charge in [0.15, 0.2) is 0 Å². The van der Waals surface area contributed by atoms with Crippen molar-refractivity contribution in [2.45, 2.75) is 58.5 Å². The predicted octanol–water partition coefficient (Wildman–Crippen LogP) is 3.70. The summed E-state index contributed by atoms with van der Waals surface area (Å²) in [6, 6.07) is 0. The molecule has 0 radical (unpaired) electrons. The average molecular weight is 146 g/mol. The molecule has 0 spiro atoms. The van der Waals surface area contributed by atoms with Crippen molar-refractivity contribution in [3.05, 3.63) is 0 Å². The minimum atomic E-state index is -0.698. The maximum atomic E-state index is 12.7. The largest absolute Gasteiger partial charge is 0.244 e. The summed E-state index contributed by atoms with van der Waals surface area (Å²) in [7, 11) is 0. The molecule has 0 aromatic heterocycles. The molecule has 0 bridgehead atoms. The summed E-state index contributed by atoms with van der Waals surface area (Å²) in [5, 5.41) is 0. The van der Waals surface area contributed by atoms with Crippen LogP contribution in [0.15, 0.2) is 0 Å². The van der Waals surface area contributed by atoms with E-state index < -0.39 is 5.67 Å². The van der Waals surface area contributed by atoms with E-state index in [9.17, 15) is 4.39 Å². The van der Waals surface area contributed by atoms with Crippen LogP contribution in [-0.4, -0.2) is 5.67 Å². The first-order valence-corrected chi connectivity index (χ1v) is 4.46. The monoisotopic (exact) mass is 146 g/mol. The summed E-state index contributed by atoms with van der Waals surface area (Å²) in [4.78, 5) is 0. The molecule has 0 unspecified atom stereocenters. The van der Waals surface area contributed by atoms with E-state index >= 15 is 0 Å². The summed E-state index contributed by atoms with van der Waals surface area (Å²) in [6.45, 7) is 6.10. The first-order chi connectivity index (χ1) is 4.77. The fourth-order valence-corrected chi connectivity index (χ4v) is 0.879. The minimum Gasteiger partial charge on any atom is -0.244 e. The highest BCUT2D eigenvalue weighted by Crippen LogP contribution is 2.43. The van der Waals surface area contributed by atoms with E-state index in [4.69, 9.17) is 0 Å². The fourth-order valence-electron chi connectivity index (χ4n) is 0.879. The van der Waals surface area contributed by atoms with Crippen molar-refractivity contribution in [1.82, 2.24) is 0 Å². The fraction of sp³-hybridized carbons (Fsp3) is 1.00. The van der Waals surface area contributed by atoms with Crippen LogP contribution in [0.2, 0.25) is 0 Å². The van der Waals surface area contributed by atoms with Crippen molar-refractivity contribution in [1.29, 1.82) is 0 Å². The molecule has 0 nitrogen and oxygen atoms in total. The average Bonchev–Trinajstić information content (AvgIpc) is 2.70. The Morgan fingerprint density at radius 2 is 1.80 bits per heavy atom. The van der Waals surface area contributed by atoms with Crippen molar-refractivity contribution in [2.24, 2.45) is 0 Å². The van der Waals surface area contributed by atoms with Gasteiger partial charge in [0.1, 0.15) is 5.67 Å². The minimum absolute atomic E-state index is 0.698. The van der Waals surface area contributed by atoms with Crippen molar-refractivity contribution >= 4 is 0 Å². The van der Waals surface area contributed by atoms with Gasteiger partial charge in [-0.3, -0.25) is 0 Å². The molecular weight excluding hydrogens is 127 g/mol. The Labute approximate surface area is 63.8 Å². The maximum Gasteiger partial charge on any atom is 0.111 e. The molecule has 1 rings (SSSR count). The Kier molecular flexibility index (Phi) is 4.67. The molecule has 0 saturated heterocycles. The van der Waals surface area contributed by atoms with Crippen molar-refractivity contribution in [3.63, 3.8) is 0 Å². The van der Waals surface area contributed by atoms with Crippen LogP contribution in [0.25, 0.3) is 0 Å². The molecule has 1 fully saturated rings. The molecule has 62 valence electrons.